The Labute approximate surface area is 166 Å². The average Bonchev–Trinajstić information content (AvgIpc) is 3.40. The maximum atomic E-state index is 13.1. The van der Waals surface area contributed by atoms with Crippen molar-refractivity contribution in [2.75, 3.05) is 13.2 Å². The average molecular weight is 452 g/mol. The van der Waals surface area contributed by atoms with Gasteiger partial charge in [-0.3, -0.25) is 4.79 Å². The first-order valence-corrected chi connectivity index (χ1v) is 10.5. The molecule has 1 heterocycles. The van der Waals surface area contributed by atoms with E-state index in [0.29, 0.717) is 0 Å². The monoisotopic (exact) mass is 451 g/mol. The number of halogens is 1. The number of benzene rings is 2. The number of sulfonamides is 1. The lowest BCUT2D eigenvalue weighted by Gasteiger charge is -2.16. The van der Waals surface area contributed by atoms with Crippen LogP contribution >= 0.6 is 15.9 Å². The van der Waals surface area contributed by atoms with Crippen LogP contribution in [0.2, 0.25) is 0 Å². The molecule has 0 bridgehead atoms. The van der Waals surface area contributed by atoms with Crippen LogP contribution in [0.15, 0.2) is 57.9 Å². The number of carbonyl (C=O) groups excluding carboxylic acids is 2. The summed E-state index contributed by atoms with van der Waals surface area (Å²) in [4.78, 5) is 25.7. The second kappa shape index (κ2) is 7.18. The maximum Gasteiger partial charge on any atom is 0.337 e. The molecule has 2 unspecified atom stereocenters. The molecule has 1 fully saturated rings. The van der Waals surface area contributed by atoms with Crippen molar-refractivity contribution in [2.24, 2.45) is 0 Å². The normalized spacial score (nSPS) is 21.5. The number of hydrogen-bond donors (Lipinski definition) is 0. The van der Waals surface area contributed by atoms with E-state index in [2.05, 4.69) is 15.9 Å². The fraction of sp³-hybridized carbons (Fsp3) is 0.263. The van der Waals surface area contributed by atoms with Gasteiger partial charge in [-0.25, -0.2) is 13.2 Å². The zero-order chi connectivity index (χ0) is 19.8. The van der Waals surface area contributed by atoms with Crippen molar-refractivity contribution in [1.29, 1.82) is 0 Å². The number of ketones is 1. The predicted molar refractivity (Wildman–Crippen MR) is 103 cm³/mol. The van der Waals surface area contributed by atoms with Gasteiger partial charge in [0.15, 0.2) is 5.78 Å². The summed E-state index contributed by atoms with van der Waals surface area (Å²) in [5.74, 6) is -1.45. The van der Waals surface area contributed by atoms with Crippen molar-refractivity contribution < 1.29 is 22.7 Å². The molecule has 142 valence electrons. The van der Waals surface area contributed by atoms with Gasteiger partial charge in [0.2, 0.25) is 15.6 Å². The Morgan fingerprint density at radius 1 is 1.11 bits per heavy atom. The number of hydrogen-bond acceptors (Lipinski definition) is 5. The predicted octanol–water partition coefficient (Wildman–Crippen LogP) is 2.95. The summed E-state index contributed by atoms with van der Waals surface area (Å²) in [7, 11) is -4.01. The van der Waals surface area contributed by atoms with E-state index < -0.39 is 27.3 Å². The molecule has 1 aliphatic heterocycles. The summed E-state index contributed by atoms with van der Waals surface area (Å²) < 4.78 is 32.7. The van der Waals surface area contributed by atoms with Gasteiger partial charge in [0, 0.05) is 10.0 Å². The summed E-state index contributed by atoms with van der Waals surface area (Å²) >= 11 is 3.29. The lowest BCUT2D eigenvalue weighted by Crippen LogP contribution is -2.41. The maximum absolute atomic E-state index is 13.1. The molecule has 6 nitrogen and oxygen atoms in total. The number of ether oxygens (including phenoxy) is 1. The van der Waals surface area contributed by atoms with Crippen molar-refractivity contribution in [2.45, 2.75) is 24.3 Å². The quantitative estimate of drug-likeness (QED) is 0.292. The molecule has 0 aromatic heterocycles. The number of esters is 1. The molecule has 1 aliphatic rings. The van der Waals surface area contributed by atoms with E-state index in [0.717, 1.165) is 14.3 Å². The Hall–Kier alpha value is -2.03. The van der Waals surface area contributed by atoms with E-state index in [4.69, 9.17) is 4.74 Å². The van der Waals surface area contributed by atoms with Gasteiger partial charge < -0.3 is 4.74 Å². The van der Waals surface area contributed by atoms with E-state index in [1.54, 1.807) is 43.3 Å². The van der Waals surface area contributed by atoms with Crippen LogP contribution in [0.5, 0.6) is 0 Å². The van der Waals surface area contributed by atoms with Crippen molar-refractivity contribution in [3.8, 4) is 0 Å². The number of nitrogens with zero attached hydrogens (tertiary/aromatic N) is 1. The lowest BCUT2D eigenvalue weighted by atomic mass is 9.98. The first kappa shape index (κ1) is 19.7. The second-order valence-corrected chi connectivity index (χ2v) is 9.02. The molecule has 2 atom stereocenters. The molecular weight excluding hydrogens is 434 g/mol. The third kappa shape index (κ3) is 3.44. The van der Waals surface area contributed by atoms with Gasteiger partial charge in [-0.1, -0.05) is 45.8 Å². The van der Waals surface area contributed by atoms with Gasteiger partial charge in [-0.05, 0) is 38.1 Å². The highest BCUT2D eigenvalue weighted by atomic mass is 79.9. The highest BCUT2D eigenvalue weighted by Crippen LogP contribution is 2.42. The van der Waals surface area contributed by atoms with Crippen LogP contribution in [0.1, 0.15) is 22.8 Å². The zero-order valence-electron chi connectivity index (χ0n) is 14.8. The molecule has 2 aromatic carbocycles. The van der Waals surface area contributed by atoms with E-state index in [-0.39, 0.29) is 23.6 Å². The van der Waals surface area contributed by atoms with Gasteiger partial charge in [0.1, 0.15) is 0 Å². The lowest BCUT2D eigenvalue weighted by molar-refractivity contribution is -0.145. The zero-order valence-corrected chi connectivity index (χ0v) is 17.2. The molecule has 1 saturated heterocycles. The van der Waals surface area contributed by atoms with Gasteiger partial charge in [0.25, 0.3) is 0 Å². The topological polar surface area (TPSA) is 80.5 Å². The minimum atomic E-state index is -4.01. The molecule has 8 heteroatoms. The summed E-state index contributed by atoms with van der Waals surface area (Å²) in [6.07, 6.45) is 0. The van der Waals surface area contributed by atoms with Gasteiger partial charge in [-0.2, -0.15) is 4.31 Å². The van der Waals surface area contributed by atoms with Crippen molar-refractivity contribution in [3.63, 3.8) is 0 Å². The van der Waals surface area contributed by atoms with Crippen molar-refractivity contribution >= 4 is 37.7 Å². The largest absolute Gasteiger partial charge is 0.464 e. The molecule has 0 saturated carbocycles. The number of carbonyl (C=O) groups is 2. The van der Waals surface area contributed by atoms with E-state index >= 15 is 0 Å². The number of aryl methyl sites for hydroxylation is 1. The number of rotatable bonds is 6. The minimum Gasteiger partial charge on any atom is -0.464 e. The van der Waals surface area contributed by atoms with E-state index in [1.807, 2.05) is 6.92 Å². The molecule has 3 rings (SSSR count). The summed E-state index contributed by atoms with van der Waals surface area (Å²) in [6, 6.07) is 12.7. The van der Waals surface area contributed by atoms with Crippen molar-refractivity contribution in [1.82, 2.24) is 4.31 Å². The van der Waals surface area contributed by atoms with E-state index in [1.165, 1.54) is 12.1 Å². The summed E-state index contributed by atoms with van der Waals surface area (Å²) in [6.45, 7) is 3.26. The van der Waals surface area contributed by atoms with Crippen LogP contribution in [0.3, 0.4) is 0 Å². The summed E-state index contributed by atoms with van der Waals surface area (Å²) in [5, 5.41) is 0. The molecule has 0 aliphatic carbocycles. The van der Waals surface area contributed by atoms with Crippen LogP contribution in [0, 0.1) is 6.92 Å². The Balaban J connectivity index is 2.01. The third-order valence-corrected chi connectivity index (χ3v) is 6.82. The second-order valence-electron chi connectivity index (χ2n) is 6.24. The highest BCUT2D eigenvalue weighted by Gasteiger charge is 2.70. The molecule has 2 aromatic rings. The molecule has 0 spiro atoms. The molecule has 27 heavy (non-hydrogen) atoms. The first-order chi connectivity index (χ1) is 12.7. The minimum absolute atomic E-state index is 0.0304. The van der Waals surface area contributed by atoms with Crippen LogP contribution in [0.4, 0.5) is 0 Å². The fourth-order valence-electron chi connectivity index (χ4n) is 2.83. The van der Waals surface area contributed by atoms with Gasteiger partial charge in [0.05, 0.1) is 18.0 Å². The Kier molecular flexibility index (Phi) is 5.24. The van der Waals surface area contributed by atoms with E-state index in [9.17, 15) is 18.0 Å². The molecule has 0 radical (unpaired) electrons. The standard InChI is InChI=1S/C19H18BrNO5S/c1-3-26-18(23)19(17(22)14-6-8-15(20)9-7-14)12-21(19)27(24,25)16-10-4-13(2)5-11-16/h4-11H,3,12H2,1-2H3. The van der Waals surface area contributed by atoms with Crippen molar-refractivity contribution in [3.05, 3.63) is 64.1 Å². The van der Waals surface area contributed by atoms with Gasteiger partial charge in [-0.15, -0.1) is 0 Å². The SMILES string of the molecule is CCOC(=O)C1(C(=O)c2ccc(Br)cc2)CN1S(=O)(=O)c1ccc(C)cc1. The van der Waals surface area contributed by atoms with Crippen LogP contribution in [-0.4, -0.2) is 43.2 Å². The van der Waals surface area contributed by atoms with Crippen LogP contribution < -0.4 is 0 Å². The Morgan fingerprint density at radius 2 is 1.70 bits per heavy atom. The smallest absolute Gasteiger partial charge is 0.337 e. The molecule has 0 amide bonds. The Morgan fingerprint density at radius 3 is 2.26 bits per heavy atom. The molecule has 0 N–H and O–H groups in total. The third-order valence-electron chi connectivity index (χ3n) is 4.40. The Bertz CT molecular complexity index is 986. The van der Waals surface area contributed by atoms with Crippen LogP contribution in [0.25, 0.3) is 0 Å². The first-order valence-electron chi connectivity index (χ1n) is 8.30. The molecular formula is C19H18BrNO5S. The van der Waals surface area contributed by atoms with Gasteiger partial charge >= 0.3 is 5.97 Å². The number of Topliss-reactive ketones (excluding diaryl/α,β-unsaturated/α-hetero) is 1. The summed E-state index contributed by atoms with van der Waals surface area (Å²) in [5.41, 5.74) is -0.705. The highest BCUT2D eigenvalue weighted by molar-refractivity contribution is 9.10. The fourth-order valence-corrected chi connectivity index (χ4v) is 4.76. The van der Waals surface area contributed by atoms with Crippen LogP contribution in [-0.2, 0) is 19.6 Å².